The van der Waals surface area contributed by atoms with Crippen molar-refractivity contribution in [1.82, 2.24) is 20.0 Å². The van der Waals surface area contributed by atoms with E-state index in [1.54, 1.807) is 7.11 Å². The van der Waals surface area contributed by atoms with Crippen LogP contribution in [0.4, 0.5) is 0 Å². The molecule has 2 aromatic carbocycles. The molecule has 0 bridgehead atoms. The maximum atomic E-state index is 8.97. The summed E-state index contributed by atoms with van der Waals surface area (Å²) in [6.07, 6.45) is 6.38. The smallest absolute Gasteiger partial charge is 0.118 e. The fourth-order valence-electron chi connectivity index (χ4n) is 4.57. The van der Waals surface area contributed by atoms with Crippen LogP contribution in [0.3, 0.4) is 0 Å². The van der Waals surface area contributed by atoms with Crippen molar-refractivity contribution >= 4 is 0 Å². The van der Waals surface area contributed by atoms with E-state index < -0.39 is 0 Å². The SMILES string of the molecule is COc1ccc([C@H](CNCc2cn(CCC#N)nc2-c2ccccc2)N2CCCCC2)cc1. The Morgan fingerprint density at radius 3 is 2.52 bits per heavy atom. The lowest BCUT2D eigenvalue weighted by Gasteiger charge is -2.35. The lowest BCUT2D eigenvalue weighted by Crippen LogP contribution is -2.39. The van der Waals surface area contributed by atoms with Gasteiger partial charge < -0.3 is 10.1 Å². The van der Waals surface area contributed by atoms with Crippen LogP contribution in [-0.2, 0) is 13.1 Å². The van der Waals surface area contributed by atoms with Crippen LogP contribution < -0.4 is 10.1 Å². The summed E-state index contributed by atoms with van der Waals surface area (Å²) >= 11 is 0. The Hall–Kier alpha value is -3.14. The zero-order valence-corrected chi connectivity index (χ0v) is 19.4. The van der Waals surface area contributed by atoms with Gasteiger partial charge in [0.1, 0.15) is 5.75 Å². The Bertz CT molecular complexity index is 1030. The Balaban J connectivity index is 1.50. The van der Waals surface area contributed by atoms with E-state index >= 15 is 0 Å². The quantitative estimate of drug-likeness (QED) is 0.488. The van der Waals surface area contributed by atoms with Gasteiger partial charge in [0, 0.05) is 36.5 Å². The molecule has 1 fully saturated rings. The molecule has 0 unspecified atom stereocenters. The number of rotatable bonds is 10. The molecule has 33 heavy (non-hydrogen) atoms. The molecule has 6 nitrogen and oxygen atoms in total. The molecule has 1 aromatic heterocycles. The van der Waals surface area contributed by atoms with E-state index in [9.17, 15) is 0 Å². The molecule has 4 rings (SSSR count). The second-order valence-electron chi connectivity index (χ2n) is 8.56. The summed E-state index contributed by atoms with van der Waals surface area (Å²) in [7, 11) is 1.71. The maximum Gasteiger partial charge on any atom is 0.118 e. The molecular weight excluding hydrogens is 410 g/mol. The summed E-state index contributed by atoms with van der Waals surface area (Å²) < 4.78 is 7.26. The number of hydrogen-bond acceptors (Lipinski definition) is 5. The van der Waals surface area contributed by atoms with Crippen LogP contribution in [0.5, 0.6) is 5.75 Å². The van der Waals surface area contributed by atoms with Crippen LogP contribution >= 0.6 is 0 Å². The number of nitrogens with one attached hydrogen (secondary N) is 1. The van der Waals surface area contributed by atoms with Gasteiger partial charge in [-0.25, -0.2) is 0 Å². The second kappa shape index (κ2) is 11.6. The van der Waals surface area contributed by atoms with Gasteiger partial charge in [-0.3, -0.25) is 9.58 Å². The largest absolute Gasteiger partial charge is 0.497 e. The zero-order valence-electron chi connectivity index (χ0n) is 19.4. The van der Waals surface area contributed by atoms with Crippen molar-refractivity contribution in [2.24, 2.45) is 0 Å². The number of hydrogen-bond donors (Lipinski definition) is 1. The number of piperidine rings is 1. The molecule has 1 saturated heterocycles. The van der Waals surface area contributed by atoms with Gasteiger partial charge in [0.2, 0.25) is 0 Å². The minimum Gasteiger partial charge on any atom is -0.497 e. The molecule has 1 aliphatic rings. The van der Waals surface area contributed by atoms with E-state index in [4.69, 9.17) is 15.1 Å². The van der Waals surface area contributed by atoms with Crippen LogP contribution in [0.2, 0.25) is 0 Å². The summed E-state index contributed by atoms with van der Waals surface area (Å²) in [6, 6.07) is 21.3. The molecular formula is C27H33N5O. The van der Waals surface area contributed by atoms with Gasteiger partial charge >= 0.3 is 0 Å². The van der Waals surface area contributed by atoms with E-state index in [1.807, 2.05) is 22.9 Å². The summed E-state index contributed by atoms with van der Waals surface area (Å²) in [4.78, 5) is 2.60. The van der Waals surface area contributed by atoms with Crippen molar-refractivity contribution < 1.29 is 4.74 Å². The van der Waals surface area contributed by atoms with Crippen molar-refractivity contribution in [2.45, 2.75) is 44.8 Å². The molecule has 0 radical (unpaired) electrons. The number of methoxy groups -OCH3 is 1. The molecule has 3 aromatic rings. The number of ether oxygens (including phenoxy) is 1. The molecule has 0 amide bonds. The van der Waals surface area contributed by atoms with Crippen molar-refractivity contribution in [2.75, 3.05) is 26.7 Å². The topological polar surface area (TPSA) is 66.1 Å². The first-order chi connectivity index (χ1) is 16.3. The number of benzene rings is 2. The number of nitrogens with zero attached hydrogens (tertiary/aromatic N) is 4. The highest BCUT2D eigenvalue weighted by Crippen LogP contribution is 2.27. The summed E-state index contributed by atoms with van der Waals surface area (Å²) in [6.45, 7) is 4.49. The van der Waals surface area contributed by atoms with Gasteiger partial charge in [0.05, 0.1) is 31.8 Å². The van der Waals surface area contributed by atoms with Gasteiger partial charge in [-0.15, -0.1) is 0 Å². The predicted octanol–water partition coefficient (Wildman–Crippen LogP) is 4.79. The minimum absolute atomic E-state index is 0.324. The second-order valence-corrected chi connectivity index (χ2v) is 8.56. The Morgan fingerprint density at radius 1 is 1.06 bits per heavy atom. The van der Waals surface area contributed by atoms with E-state index in [0.717, 1.165) is 48.7 Å². The fourth-order valence-corrected chi connectivity index (χ4v) is 4.57. The first kappa shape index (κ1) is 23.0. The number of aromatic nitrogens is 2. The third-order valence-electron chi connectivity index (χ3n) is 6.32. The molecule has 0 spiro atoms. The lowest BCUT2D eigenvalue weighted by atomic mass is 10.0. The molecule has 172 valence electrons. The first-order valence-electron chi connectivity index (χ1n) is 11.9. The van der Waals surface area contributed by atoms with Crippen molar-refractivity contribution in [1.29, 1.82) is 5.26 Å². The van der Waals surface area contributed by atoms with Gasteiger partial charge in [-0.1, -0.05) is 48.9 Å². The highest BCUT2D eigenvalue weighted by molar-refractivity contribution is 5.62. The van der Waals surface area contributed by atoms with Gasteiger partial charge in [-0.2, -0.15) is 10.4 Å². The van der Waals surface area contributed by atoms with Gasteiger partial charge in [0.25, 0.3) is 0 Å². The van der Waals surface area contributed by atoms with Crippen LogP contribution in [-0.4, -0.2) is 41.4 Å². The van der Waals surface area contributed by atoms with E-state index in [-0.39, 0.29) is 0 Å². The third kappa shape index (κ3) is 6.01. The summed E-state index contributed by atoms with van der Waals surface area (Å²) in [5.41, 5.74) is 4.57. The van der Waals surface area contributed by atoms with Crippen LogP contribution in [0, 0.1) is 11.3 Å². The monoisotopic (exact) mass is 443 g/mol. The Morgan fingerprint density at radius 2 is 1.82 bits per heavy atom. The highest BCUT2D eigenvalue weighted by atomic mass is 16.5. The van der Waals surface area contributed by atoms with Crippen LogP contribution in [0.15, 0.2) is 60.8 Å². The normalized spacial score (nSPS) is 15.2. The molecule has 1 N–H and O–H groups in total. The van der Waals surface area contributed by atoms with Crippen LogP contribution in [0.25, 0.3) is 11.3 Å². The molecule has 0 saturated carbocycles. The third-order valence-corrected chi connectivity index (χ3v) is 6.32. The summed E-state index contributed by atoms with van der Waals surface area (Å²) in [5.74, 6) is 0.890. The zero-order chi connectivity index (χ0) is 22.9. The number of aryl methyl sites for hydroxylation is 1. The average Bonchev–Trinajstić information content (AvgIpc) is 3.29. The molecule has 1 aliphatic heterocycles. The van der Waals surface area contributed by atoms with Crippen molar-refractivity contribution in [3.05, 3.63) is 71.9 Å². The highest BCUT2D eigenvalue weighted by Gasteiger charge is 2.22. The molecule has 2 heterocycles. The van der Waals surface area contributed by atoms with E-state index in [1.165, 1.54) is 24.8 Å². The van der Waals surface area contributed by atoms with E-state index in [2.05, 4.69) is 58.9 Å². The van der Waals surface area contributed by atoms with Crippen molar-refractivity contribution in [3.8, 4) is 23.1 Å². The maximum absolute atomic E-state index is 8.97. The van der Waals surface area contributed by atoms with Crippen molar-refractivity contribution in [3.63, 3.8) is 0 Å². The van der Waals surface area contributed by atoms with Crippen LogP contribution in [0.1, 0.15) is 42.9 Å². The van der Waals surface area contributed by atoms with Gasteiger partial charge in [0.15, 0.2) is 0 Å². The van der Waals surface area contributed by atoms with E-state index in [0.29, 0.717) is 19.0 Å². The molecule has 0 aliphatic carbocycles. The first-order valence-corrected chi connectivity index (χ1v) is 11.9. The van der Waals surface area contributed by atoms with Gasteiger partial charge in [-0.05, 0) is 43.6 Å². The molecule has 1 atom stereocenters. The summed E-state index contributed by atoms with van der Waals surface area (Å²) in [5, 5.41) is 17.5. The standard InChI is InChI=1S/C27H33N5O/c1-33-25-13-11-22(12-14-25)26(31-16-6-3-7-17-31)20-29-19-24-21-32(18-8-15-28)30-27(24)23-9-4-2-5-10-23/h2,4-5,9-14,21,26,29H,3,6-8,16-20H2,1H3/t26-/m0/s1. The minimum atomic E-state index is 0.324. The Labute approximate surface area is 196 Å². The molecule has 6 heteroatoms. The number of likely N-dealkylation sites (tertiary alicyclic amines) is 1. The predicted molar refractivity (Wildman–Crippen MR) is 131 cm³/mol. The average molecular weight is 444 g/mol. The fraction of sp³-hybridized carbons (Fsp3) is 0.407. The number of nitriles is 1. The Kier molecular flexibility index (Phi) is 8.13. The lowest BCUT2D eigenvalue weighted by molar-refractivity contribution is 0.160.